The molecule has 3 aromatic rings. The third kappa shape index (κ3) is 2.49. The Morgan fingerprint density at radius 2 is 1.84 bits per heavy atom. The van der Waals surface area contributed by atoms with Crippen LogP contribution in [0.4, 0.5) is 11.6 Å². The number of benzene rings is 2. The van der Waals surface area contributed by atoms with Gasteiger partial charge in [0.2, 0.25) is 5.95 Å². The normalized spacial score (nSPS) is 10.9. The van der Waals surface area contributed by atoms with Gasteiger partial charge in [-0.3, -0.25) is 0 Å². The molecule has 2 aromatic carbocycles. The smallest absolute Gasteiger partial charge is 0.207 e. The van der Waals surface area contributed by atoms with Crippen LogP contribution in [0.3, 0.4) is 0 Å². The van der Waals surface area contributed by atoms with E-state index >= 15 is 0 Å². The van der Waals surface area contributed by atoms with E-state index in [1.807, 2.05) is 24.7 Å². The van der Waals surface area contributed by atoms with E-state index in [-0.39, 0.29) is 0 Å². The van der Waals surface area contributed by atoms with Crippen LogP contribution in [0.5, 0.6) is 0 Å². The Kier molecular flexibility index (Phi) is 3.03. The van der Waals surface area contributed by atoms with Crippen LogP contribution in [0.1, 0.15) is 5.69 Å². The van der Waals surface area contributed by atoms with Crippen molar-refractivity contribution in [2.24, 2.45) is 7.05 Å². The highest BCUT2D eigenvalue weighted by molar-refractivity contribution is 9.10. The van der Waals surface area contributed by atoms with Crippen molar-refractivity contribution in [2.75, 3.05) is 5.32 Å². The van der Waals surface area contributed by atoms with Crippen LogP contribution in [-0.4, -0.2) is 9.55 Å². The van der Waals surface area contributed by atoms with Crippen molar-refractivity contribution in [3.8, 4) is 0 Å². The summed E-state index contributed by atoms with van der Waals surface area (Å²) in [4.78, 5) is 4.44. The van der Waals surface area contributed by atoms with E-state index in [1.54, 1.807) is 0 Å². The Morgan fingerprint density at radius 3 is 2.58 bits per heavy atom. The molecule has 0 amide bonds. The molecule has 1 aromatic heterocycles. The Bertz CT molecular complexity index is 746. The minimum Gasteiger partial charge on any atom is -0.326 e. The predicted octanol–water partition coefficient (Wildman–Crippen LogP) is 4.39. The lowest BCUT2D eigenvalue weighted by Crippen LogP contribution is -1.98. The molecule has 0 radical (unpaired) electrons. The van der Waals surface area contributed by atoms with Crippen molar-refractivity contribution in [1.29, 1.82) is 0 Å². The second kappa shape index (κ2) is 4.70. The number of imidazole rings is 1. The second-order valence-corrected chi connectivity index (χ2v) is 5.56. The number of hydrogen-bond donors (Lipinski definition) is 1. The van der Waals surface area contributed by atoms with Gasteiger partial charge in [0.15, 0.2) is 0 Å². The highest BCUT2D eigenvalue weighted by Crippen LogP contribution is 2.24. The van der Waals surface area contributed by atoms with Crippen LogP contribution in [0.15, 0.2) is 47.1 Å². The lowest BCUT2D eigenvalue weighted by molar-refractivity contribution is 0.924. The van der Waals surface area contributed by atoms with Gasteiger partial charge in [-0.2, -0.15) is 0 Å². The Hall–Kier alpha value is -1.81. The number of nitrogens with one attached hydrogen (secondary N) is 1. The van der Waals surface area contributed by atoms with E-state index in [4.69, 9.17) is 0 Å². The first-order valence-corrected chi connectivity index (χ1v) is 6.87. The average molecular weight is 316 g/mol. The van der Waals surface area contributed by atoms with Crippen molar-refractivity contribution < 1.29 is 0 Å². The number of anilines is 2. The van der Waals surface area contributed by atoms with Crippen LogP contribution in [0.25, 0.3) is 10.8 Å². The Balaban J connectivity index is 1.97. The molecule has 0 aliphatic carbocycles. The topological polar surface area (TPSA) is 29.9 Å². The number of aromatic nitrogens is 2. The van der Waals surface area contributed by atoms with Crippen molar-refractivity contribution in [3.63, 3.8) is 0 Å². The molecule has 96 valence electrons. The van der Waals surface area contributed by atoms with Crippen molar-refractivity contribution in [3.05, 3.63) is 52.8 Å². The van der Waals surface area contributed by atoms with Crippen molar-refractivity contribution in [1.82, 2.24) is 9.55 Å². The summed E-state index contributed by atoms with van der Waals surface area (Å²) in [6.07, 6.45) is 2.00. The third-order valence-electron chi connectivity index (χ3n) is 3.06. The molecular weight excluding hydrogens is 302 g/mol. The number of nitrogens with zero attached hydrogens (tertiary/aromatic N) is 2. The Morgan fingerprint density at radius 1 is 1.11 bits per heavy atom. The zero-order valence-electron chi connectivity index (χ0n) is 10.8. The molecule has 19 heavy (non-hydrogen) atoms. The van der Waals surface area contributed by atoms with E-state index in [0.29, 0.717) is 0 Å². The van der Waals surface area contributed by atoms with Gasteiger partial charge in [0.1, 0.15) is 0 Å². The highest BCUT2D eigenvalue weighted by Gasteiger charge is 2.03. The summed E-state index contributed by atoms with van der Waals surface area (Å²) in [7, 11) is 1.99. The largest absolute Gasteiger partial charge is 0.326 e. The fourth-order valence-corrected chi connectivity index (χ4v) is 2.53. The quantitative estimate of drug-likeness (QED) is 0.760. The van der Waals surface area contributed by atoms with Crippen molar-refractivity contribution >= 4 is 38.3 Å². The predicted molar refractivity (Wildman–Crippen MR) is 82.9 cm³/mol. The lowest BCUT2D eigenvalue weighted by Gasteiger charge is -2.07. The molecule has 0 fully saturated rings. The van der Waals surface area contributed by atoms with E-state index in [1.165, 1.54) is 10.8 Å². The number of aryl methyl sites for hydroxylation is 2. The average Bonchev–Trinajstić information content (AvgIpc) is 2.68. The number of halogens is 1. The first-order chi connectivity index (χ1) is 9.11. The third-order valence-corrected chi connectivity index (χ3v) is 3.55. The van der Waals surface area contributed by atoms with Gasteiger partial charge in [0.05, 0.1) is 5.69 Å². The number of rotatable bonds is 2. The van der Waals surface area contributed by atoms with Gasteiger partial charge in [-0.15, -0.1) is 0 Å². The molecule has 0 aliphatic heterocycles. The maximum atomic E-state index is 4.44. The van der Waals surface area contributed by atoms with Crippen LogP contribution in [0, 0.1) is 6.92 Å². The summed E-state index contributed by atoms with van der Waals surface area (Å²) < 4.78 is 3.08. The molecule has 0 unspecified atom stereocenters. The molecule has 4 heteroatoms. The zero-order chi connectivity index (χ0) is 13.4. The number of fused-ring (bicyclic) bond motifs is 1. The molecule has 0 atom stereocenters. The van der Waals surface area contributed by atoms with Gasteiger partial charge in [-0.25, -0.2) is 4.98 Å². The summed E-state index contributed by atoms with van der Waals surface area (Å²) in [5.41, 5.74) is 2.05. The van der Waals surface area contributed by atoms with Crippen LogP contribution in [0.2, 0.25) is 0 Å². The van der Waals surface area contributed by atoms with Crippen LogP contribution < -0.4 is 5.32 Å². The van der Waals surface area contributed by atoms with Gasteiger partial charge in [0.25, 0.3) is 0 Å². The first kappa shape index (κ1) is 12.2. The summed E-state index contributed by atoms with van der Waals surface area (Å²) in [6, 6.07) is 12.6. The molecule has 1 N–H and O–H groups in total. The fourth-order valence-electron chi connectivity index (χ4n) is 2.16. The minimum atomic E-state index is 0.856. The van der Waals surface area contributed by atoms with Gasteiger partial charge in [-0.1, -0.05) is 28.1 Å². The van der Waals surface area contributed by atoms with Gasteiger partial charge in [-0.05, 0) is 42.0 Å². The molecular formula is C15H14BrN3. The standard InChI is InChI=1S/C15H14BrN3/c1-10-9-19(2)15(17-10)18-14-6-4-11-7-13(16)5-3-12(11)8-14/h3-9H,1-2H3,(H,17,18). The molecule has 0 spiro atoms. The molecule has 3 rings (SSSR count). The van der Waals surface area contributed by atoms with Crippen molar-refractivity contribution in [2.45, 2.75) is 6.92 Å². The SMILES string of the molecule is Cc1cn(C)c(Nc2ccc3cc(Br)ccc3c2)n1. The maximum Gasteiger partial charge on any atom is 0.207 e. The van der Waals surface area contributed by atoms with E-state index in [2.05, 4.69) is 62.6 Å². The molecule has 0 aliphatic rings. The van der Waals surface area contributed by atoms with E-state index < -0.39 is 0 Å². The van der Waals surface area contributed by atoms with Gasteiger partial charge < -0.3 is 9.88 Å². The Labute approximate surface area is 120 Å². The second-order valence-electron chi connectivity index (χ2n) is 4.65. The zero-order valence-corrected chi connectivity index (χ0v) is 12.4. The molecule has 1 heterocycles. The molecule has 3 nitrogen and oxygen atoms in total. The van der Waals surface area contributed by atoms with Gasteiger partial charge >= 0.3 is 0 Å². The summed E-state index contributed by atoms with van der Waals surface area (Å²) in [6.45, 7) is 1.99. The first-order valence-electron chi connectivity index (χ1n) is 6.08. The summed E-state index contributed by atoms with van der Waals surface area (Å²) in [5.74, 6) is 0.856. The molecule has 0 saturated heterocycles. The van der Waals surface area contributed by atoms with Crippen LogP contribution in [-0.2, 0) is 7.05 Å². The van der Waals surface area contributed by atoms with E-state index in [9.17, 15) is 0 Å². The maximum absolute atomic E-state index is 4.44. The number of hydrogen-bond acceptors (Lipinski definition) is 2. The van der Waals surface area contributed by atoms with E-state index in [0.717, 1.165) is 21.8 Å². The van der Waals surface area contributed by atoms with Crippen LogP contribution >= 0.6 is 15.9 Å². The fraction of sp³-hybridized carbons (Fsp3) is 0.133. The lowest BCUT2D eigenvalue weighted by atomic mass is 10.1. The summed E-state index contributed by atoms with van der Waals surface area (Å²) in [5, 5.41) is 5.77. The summed E-state index contributed by atoms with van der Waals surface area (Å²) >= 11 is 3.49. The monoisotopic (exact) mass is 315 g/mol. The highest BCUT2D eigenvalue weighted by atomic mass is 79.9. The van der Waals surface area contributed by atoms with Gasteiger partial charge in [0, 0.05) is 23.4 Å². The molecule has 0 saturated carbocycles. The molecule has 0 bridgehead atoms. The minimum absolute atomic E-state index is 0.856.